The molecule has 5 nitrogen and oxygen atoms in total. The van der Waals surface area contributed by atoms with Gasteiger partial charge in [-0.15, -0.1) is 0 Å². The minimum Gasteiger partial charge on any atom is -0.327 e. The summed E-state index contributed by atoms with van der Waals surface area (Å²) in [5, 5.41) is 8.45. The highest BCUT2D eigenvalue weighted by atomic mass is 79.9. The highest BCUT2D eigenvalue weighted by Gasteiger charge is 2.31. The Bertz CT molecular complexity index is 876. The van der Waals surface area contributed by atoms with E-state index in [2.05, 4.69) is 31.9 Å². The van der Waals surface area contributed by atoms with Crippen LogP contribution in [0.5, 0.6) is 0 Å². The fourth-order valence-electron chi connectivity index (χ4n) is 2.83. The molecular weight excluding hydrogens is 382 g/mol. The number of allylic oxidation sites excluding steroid dienone is 1. The summed E-state index contributed by atoms with van der Waals surface area (Å²) in [5.74, 6) is -0.246. The summed E-state index contributed by atoms with van der Waals surface area (Å²) in [4.78, 5) is 24.9. The van der Waals surface area contributed by atoms with Crippen LogP contribution in [0.15, 0.2) is 64.3 Å². The number of carbonyl (C=O) groups is 2. The molecule has 3 rings (SSSR count). The molecule has 3 amide bonds. The summed E-state index contributed by atoms with van der Waals surface area (Å²) >= 11 is 3.43. The third-order valence-electron chi connectivity index (χ3n) is 4.09. The average Bonchev–Trinajstić information content (AvgIpc) is 2.56. The number of aryl methyl sites for hydroxylation is 1. The molecule has 0 unspecified atom stereocenters. The molecule has 3 N–H and O–H groups in total. The van der Waals surface area contributed by atoms with Crippen molar-refractivity contribution in [2.45, 2.75) is 19.9 Å². The largest absolute Gasteiger partial charge is 0.327 e. The Kier molecular flexibility index (Phi) is 4.90. The van der Waals surface area contributed by atoms with Gasteiger partial charge in [0.25, 0.3) is 5.91 Å². The predicted molar refractivity (Wildman–Crippen MR) is 101 cm³/mol. The Morgan fingerprint density at radius 2 is 1.88 bits per heavy atom. The van der Waals surface area contributed by atoms with Crippen molar-refractivity contribution in [3.05, 3.63) is 75.4 Å². The van der Waals surface area contributed by atoms with Crippen LogP contribution in [-0.2, 0) is 4.79 Å². The monoisotopic (exact) mass is 399 g/mol. The molecule has 2 aromatic carbocycles. The van der Waals surface area contributed by atoms with E-state index < -0.39 is 6.04 Å². The molecule has 0 aliphatic carbocycles. The van der Waals surface area contributed by atoms with E-state index in [9.17, 15) is 9.59 Å². The normalized spacial score (nSPS) is 16.9. The molecule has 0 saturated heterocycles. The molecular formula is C19H18BrN3O2. The molecule has 6 heteroatoms. The van der Waals surface area contributed by atoms with Crippen LogP contribution in [0.3, 0.4) is 0 Å². The molecule has 2 aromatic rings. The van der Waals surface area contributed by atoms with E-state index in [4.69, 9.17) is 0 Å². The van der Waals surface area contributed by atoms with E-state index in [1.165, 1.54) is 0 Å². The van der Waals surface area contributed by atoms with Crippen molar-refractivity contribution < 1.29 is 9.59 Å². The summed E-state index contributed by atoms with van der Waals surface area (Å²) in [7, 11) is 0. The molecule has 0 radical (unpaired) electrons. The van der Waals surface area contributed by atoms with Gasteiger partial charge < -0.3 is 16.0 Å². The van der Waals surface area contributed by atoms with E-state index in [-0.39, 0.29) is 11.9 Å². The molecule has 1 heterocycles. The van der Waals surface area contributed by atoms with Crippen LogP contribution in [0.25, 0.3) is 0 Å². The molecule has 0 fully saturated rings. The molecule has 1 aliphatic rings. The van der Waals surface area contributed by atoms with Gasteiger partial charge in [-0.2, -0.15) is 0 Å². The van der Waals surface area contributed by atoms with Crippen molar-refractivity contribution >= 4 is 33.6 Å². The standard InChI is InChI=1S/C19H18BrN3O2/c1-11-6-3-4-9-15(11)22-18(24)16-12(2)21-19(25)23-17(16)13-7-5-8-14(20)10-13/h3-10,17H,1-2H3,(H,22,24)(H2,21,23,25)/t17-/m0/s1. The van der Waals surface area contributed by atoms with Crippen molar-refractivity contribution in [2.75, 3.05) is 5.32 Å². The lowest BCUT2D eigenvalue weighted by Gasteiger charge is -2.29. The summed E-state index contributed by atoms with van der Waals surface area (Å²) < 4.78 is 0.883. The Labute approximate surface area is 154 Å². The van der Waals surface area contributed by atoms with Gasteiger partial charge in [-0.25, -0.2) is 4.79 Å². The Morgan fingerprint density at radius 1 is 1.12 bits per heavy atom. The molecule has 1 aliphatic heterocycles. The minimum atomic E-state index is -0.518. The zero-order valence-electron chi connectivity index (χ0n) is 13.9. The zero-order chi connectivity index (χ0) is 18.0. The highest BCUT2D eigenvalue weighted by molar-refractivity contribution is 9.10. The van der Waals surface area contributed by atoms with Crippen molar-refractivity contribution in [3.8, 4) is 0 Å². The first-order chi connectivity index (χ1) is 12.0. The van der Waals surface area contributed by atoms with Gasteiger partial charge in [-0.05, 0) is 43.2 Å². The smallest absolute Gasteiger partial charge is 0.319 e. The maximum Gasteiger partial charge on any atom is 0.319 e. The van der Waals surface area contributed by atoms with E-state index >= 15 is 0 Å². The number of rotatable bonds is 3. The number of nitrogens with one attached hydrogen (secondary N) is 3. The number of urea groups is 1. The van der Waals surface area contributed by atoms with Gasteiger partial charge in [0.15, 0.2) is 0 Å². The fraction of sp³-hybridized carbons (Fsp3) is 0.158. The lowest BCUT2D eigenvalue weighted by molar-refractivity contribution is -0.113. The Balaban J connectivity index is 1.97. The van der Waals surface area contributed by atoms with Crippen LogP contribution in [-0.4, -0.2) is 11.9 Å². The zero-order valence-corrected chi connectivity index (χ0v) is 15.5. The van der Waals surface area contributed by atoms with Crippen LogP contribution >= 0.6 is 15.9 Å². The number of hydrogen-bond acceptors (Lipinski definition) is 2. The maximum absolute atomic E-state index is 12.9. The number of halogens is 1. The first-order valence-electron chi connectivity index (χ1n) is 7.86. The van der Waals surface area contributed by atoms with Crippen LogP contribution in [0.2, 0.25) is 0 Å². The van der Waals surface area contributed by atoms with E-state index in [0.717, 1.165) is 21.3 Å². The number of carbonyl (C=O) groups excluding carboxylic acids is 2. The fourth-order valence-corrected chi connectivity index (χ4v) is 3.25. The minimum absolute atomic E-state index is 0.246. The molecule has 128 valence electrons. The topological polar surface area (TPSA) is 70.2 Å². The highest BCUT2D eigenvalue weighted by Crippen LogP contribution is 2.29. The van der Waals surface area contributed by atoms with Crippen molar-refractivity contribution in [2.24, 2.45) is 0 Å². The van der Waals surface area contributed by atoms with Crippen LogP contribution in [0.1, 0.15) is 24.1 Å². The third kappa shape index (κ3) is 3.74. The second kappa shape index (κ2) is 7.11. The second-order valence-electron chi connectivity index (χ2n) is 5.89. The van der Waals surface area contributed by atoms with Gasteiger partial charge in [0.2, 0.25) is 0 Å². The summed E-state index contributed by atoms with van der Waals surface area (Å²) in [6.45, 7) is 3.67. The van der Waals surface area contributed by atoms with Crippen LogP contribution in [0.4, 0.5) is 10.5 Å². The van der Waals surface area contributed by atoms with Gasteiger partial charge in [-0.1, -0.05) is 46.3 Å². The second-order valence-corrected chi connectivity index (χ2v) is 6.81. The number of benzene rings is 2. The SMILES string of the molecule is CC1=C(C(=O)Nc2ccccc2C)[C@H](c2cccc(Br)c2)NC(=O)N1. The molecule has 25 heavy (non-hydrogen) atoms. The summed E-state index contributed by atoms with van der Waals surface area (Å²) in [5.41, 5.74) is 3.58. The van der Waals surface area contributed by atoms with Crippen molar-refractivity contribution in [3.63, 3.8) is 0 Å². The summed E-state index contributed by atoms with van der Waals surface area (Å²) in [6.07, 6.45) is 0. The molecule has 0 saturated carbocycles. The quantitative estimate of drug-likeness (QED) is 0.728. The summed E-state index contributed by atoms with van der Waals surface area (Å²) in [6, 6.07) is 14.3. The molecule has 0 bridgehead atoms. The Hall–Kier alpha value is -2.60. The van der Waals surface area contributed by atoms with Gasteiger partial charge in [0, 0.05) is 15.9 Å². The number of para-hydroxylation sites is 1. The van der Waals surface area contributed by atoms with Gasteiger partial charge in [0.05, 0.1) is 11.6 Å². The number of hydrogen-bond donors (Lipinski definition) is 3. The van der Waals surface area contributed by atoms with E-state index in [1.807, 2.05) is 55.5 Å². The van der Waals surface area contributed by atoms with Gasteiger partial charge in [-0.3, -0.25) is 4.79 Å². The third-order valence-corrected chi connectivity index (χ3v) is 4.58. The predicted octanol–water partition coefficient (Wildman–Crippen LogP) is 4.02. The molecule has 0 aromatic heterocycles. The van der Waals surface area contributed by atoms with Crippen molar-refractivity contribution in [1.82, 2.24) is 10.6 Å². The lowest BCUT2D eigenvalue weighted by atomic mass is 9.95. The van der Waals surface area contributed by atoms with Crippen LogP contribution in [0, 0.1) is 6.92 Å². The lowest BCUT2D eigenvalue weighted by Crippen LogP contribution is -2.46. The number of amides is 3. The first-order valence-corrected chi connectivity index (χ1v) is 8.65. The van der Waals surface area contributed by atoms with Gasteiger partial charge in [0.1, 0.15) is 0 Å². The first kappa shape index (κ1) is 17.2. The molecule has 1 atom stereocenters. The maximum atomic E-state index is 12.9. The van der Waals surface area contributed by atoms with E-state index in [1.54, 1.807) is 6.92 Å². The van der Waals surface area contributed by atoms with Crippen molar-refractivity contribution in [1.29, 1.82) is 0 Å². The van der Waals surface area contributed by atoms with Crippen LogP contribution < -0.4 is 16.0 Å². The molecule has 0 spiro atoms. The Morgan fingerprint density at radius 3 is 2.60 bits per heavy atom. The average molecular weight is 400 g/mol. The number of anilines is 1. The van der Waals surface area contributed by atoms with E-state index in [0.29, 0.717) is 11.3 Å². The van der Waals surface area contributed by atoms with Gasteiger partial charge >= 0.3 is 6.03 Å².